The van der Waals surface area contributed by atoms with Gasteiger partial charge in [0.2, 0.25) is 0 Å². The molecule has 0 aliphatic carbocycles. The van der Waals surface area contributed by atoms with E-state index in [0.717, 1.165) is 43.7 Å². The minimum Gasteiger partial charge on any atom is -0.507 e. The van der Waals surface area contributed by atoms with Gasteiger partial charge in [0.15, 0.2) is 0 Å². The predicted octanol–water partition coefficient (Wildman–Crippen LogP) is 2.95. The molecule has 0 saturated carbocycles. The first-order chi connectivity index (χ1) is 9.45. The van der Waals surface area contributed by atoms with Crippen LogP contribution >= 0.6 is 0 Å². The minimum absolute atomic E-state index is 0.0984. The lowest BCUT2D eigenvalue weighted by Gasteiger charge is -2.43. The number of aryl methyl sites for hydroxylation is 1. The van der Waals surface area contributed by atoms with Crippen LogP contribution in [0.4, 0.5) is 0 Å². The van der Waals surface area contributed by atoms with E-state index in [2.05, 4.69) is 50.0 Å². The fourth-order valence-corrected chi connectivity index (χ4v) is 3.27. The maximum atomic E-state index is 10.6. The Morgan fingerprint density at radius 2 is 1.90 bits per heavy atom. The minimum atomic E-state index is 0.0984. The van der Waals surface area contributed by atoms with Gasteiger partial charge in [0, 0.05) is 37.8 Å². The molecule has 3 nitrogen and oxygen atoms in total. The number of phenols is 1. The van der Waals surface area contributed by atoms with E-state index in [1.165, 1.54) is 0 Å². The fraction of sp³-hybridized carbons (Fsp3) is 0.647. The smallest absolute Gasteiger partial charge is 0.123 e. The molecule has 3 heteroatoms. The van der Waals surface area contributed by atoms with Gasteiger partial charge in [-0.15, -0.1) is 0 Å². The van der Waals surface area contributed by atoms with Crippen molar-refractivity contribution in [2.45, 2.75) is 40.2 Å². The van der Waals surface area contributed by atoms with Crippen LogP contribution in [-0.2, 0) is 6.42 Å². The first-order valence-corrected chi connectivity index (χ1v) is 7.70. The van der Waals surface area contributed by atoms with E-state index < -0.39 is 0 Å². The van der Waals surface area contributed by atoms with Crippen LogP contribution in [0.25, 0.3) is 0 Å². The van der Waals surface area contributed by atoms with Gasteiger partial charge >= 0.3 is 0 Å². The molecule has 0 bridgehead atoms. The summed E-state index contributed by atoms with van der Waals surface area (Å²) in [5, 5.41) is 14.0. The number of piperazine rings is 1. The maximum absolute atomic E-state index is 10.6. The number of hydrogen-bond acceptors (Lipinski definition) is 3. The maximum Gasteiger partial charge on any atom is 0.123 e. The highest BCUT2D eigenvalue weighted by atomic mass is 16.3. The van der Waals surface area contributed by atoms with Crippen molar-refractivity contribution in [2.24, 2.45) is 5.41 Å². The van der Waals surface area contributed by atoms with Crippen molar-refractivity contribution in [3.63, 3.8) is 0 Å². The average molecular weight is 276 g/mol. The van der Waals surface area contributed by atoms with Crippen LogP contribution in [0.15, 0.2) is 18.2 Å². The molecule has 0 aromatic heterocycles. The first-order valence-electron chi connectivity index (χ1n) is 7.70. The lowest BCUT2D eigenvalue weighted by Crippen LogP contribution is -2.48. The Labute approximate surface area is 123 Å². The molecule has 1 aliphatic rings. The molecule has 0 unspecified atom stereocenters. The van der Waals surface area contributed by atoms with Crippen LogP contribution in [0, 0.1) is 5.41 Å². The molecule has 1 aromatic rings. The van der Waals surface area contributed by atoms with Crippen LogP contribution in [0.1, 0.15) is 44.9 Å². The molecule has 0 spiro atoms. The molecule has 20 heavy (non-hydrogen) atoms. The predicted molar refractivity (Wildman–Crippen MR) is 84.1 cm³/mol. The molecule has 2 rings (SSSR count). The third-order valence-corrected chi connectivity index (χ3v) is 4.16. The number of benzene rings is 1. The Bertz CT molecular complexity index is 445. The van der Waals surface area contributed by atoms with Crippen molar-refractivity contribution >= 4 is 0 Å². The summed E-state index contributed by atoms with van der Waals surface area (Å²) in [4.78, 5) is 2.50. The lowest BCUT2D eigenvalue weighted by atomic mass is 9.80. The van der Waals surface area contributed by atoms with Crippen LogP contribution in [-0.4, -0.2) is 36.2 Å². The second kappa shape index (κ2) is 6.15. The largest absolute Gasteiger partial charge is 0.507 e. The summed E-state index contributed by atoms with van der Waals surface area (Å²) in [5.74, 6) is 0.494. The number of para-hydroxylation sites is 1. The van der Waals surface area contributed by atoms with E-state index in [-0.39, 0.29) is 11.5 Å². The summed E-state index contributed by atoms with van der Waals surface area (Å²) < 4.78 is 0. The quantitative estimate of drug-likeness (QED) is 0.891. The second-order valence-corrected chi connectivity index (χ2v) is 6.76. The van der Waals surface area contributed by atoms with Gasteiger partial charge in [-0.05, 0) is 17.4 Å². The van der Waals surface area contributed by atoms with Crippen LogP contribution in [0.5, 0.6) is 5.75 Å². The molecule has 0 radical (unpaired) electrons. The number of phenolic OH excluding ortho intramolecular Hbond substituents is 1. The topological polar surface area (TPSA) is 35.5 Å². The highest BCUT2D eigenvalue weighted by Crippen LogP contribution is 2.42. The van der Waals surface area contributed by atoms with Gasteiger partial charge in [0.25, 0.3) is 0 Å². The van der Waals surface area contributed by atoms with Crippen LogP contribution in [0.3, 0.4) is 0 Å². The number of aromatic hydroxyl groups is 1. The molecule has 112 valence electrons. The Morgan fingerprint density at radius 3 is 2.45 bits per heavy atom. The zero-order valence-corrected chi connectivity index (χ0v) is 13.2. The van der Waals surface area contributed by atoms with Gasteiger partial charge in [-0.1, -0.05) is 45.9 Å². The van der Waals surface area contributed by atoms with E-state index in [1.54, 1.807) is 0 Å². The van der Waals surface area contributed by atoms with Gasteiger partial charge in [0.1, 0.15) is 5.75 Å². The summed E-state index contributed by atoms with van der Waals surface area (Å²) in [6.45, 7) is 13.0. The summed E-state index contributed by atoms with van der Waals surface area (Å²) in [6, 6.07) is 6.45. The monoisotopic (exact) mass is 276 g/mol. The molecule has 2 N–H and O–H groups in total. The van der Waals surface area contributed by atoms with Crippen molar-refractivity contribution in [3.05, 3.63) is 29.3 Å². The van der Waals surface area contributed by atoms with Crippen molar-refractivity contribution in [1.29, 1.82) is 0 Å². The van der Waals surface area contributed by atoms with E-state index in [0.29, 0.717) is 5.75 Å². The Morgan fingerprint density at radius 1 is 1.25 bits per heavy atom. The summed E-state index contributed by atoms with van der Waals surface area (Å²) in [5.41, 5.74) is 2.23. The SMILES string of the molecule is CCc1cccc([C@H](N2CCNCC2)C(C)(C)C)c1O. The third-order valence-electron chi connectivity index (χ3n) is 4.16. The standard InChI is InChI=1S/C17H28N2O/c1-5-13-7-6-8-14(15(13)20)16(17(2,3)4)19-11-9-18-10-12-19/h6-8,16,18,20H,5,9-12H2,1-4H3/t16-/m0/s1. The molecule has 1 aromatic carbocycles. The number of rotatable bonds is 3. The third kappa shape index (κ3) is 3.15. The molecular formula is C17H28N2O. The highest BCUT2D eigenvalue weighted by molar-refractivity contribution is 5.43. The Hall–Kier alpha value is -1.06. The first kappa shape index (κ1) is 15.3. The normalized spacial score (nSPS) is 19.0. The average Bonchev–Trinajstić information content (AvgIpc) is 2.41. The van der Waals surface area contributed by atoms with Crippen molar-refractivity contribution in [2.75, 3.05) is 26.2 Å². The molecule has 1 saturated heterocycles. The number of nitrogens with zero attached hydrogens (tertiary/aromatic N) is 1. The molecule has 1 aliphatic heterocycles. The van der Waals surface area contributed by atoms with Gasteiger partial charge in [-0.2, -0.15) is 0 Å². The van der Waals surface area contributed by atoms with Gasteiger partial charge in [0.05, 0.1) is 0 Å². The summed E-state index contributed by atoms with van der Waals surface area (Å²) in [6.07, 6.45) is 0.873. The van der Waals surface area contributed by atoms with Gasteiger partial charge in [-0.25, -0.2) is 0 Å². The van der Waals surface area contributed by atoms with E-state index >= 15 is 0 Å². The molecule has 1 atom stereocenters. The lowest BCUT2D eigenvalue weighted by molar-refractivity contribution is 0.0841. The summed E-state index contributed by atoms with van der Waals surface area (Å²) in [7, 11) is 0. The van der Waals surface area contributed by atoms with E-state index in [9.17, 15) is 5.11 Å². The summed E-state index contributed by atoms with van der Waals surface area (Å²) >= 11 is 0. The van der Waals surface area contributed by atoms with Crippen LogP contribution in [0.2, 0.25) is 0 Å². The number of nitrogens with one attached hydrogen (secondary N) is 1. The molecule has 1 fully saturated rings. The Balaban J connectivity index is 2.41. The van der Waals surface area contributed by atoms with Gasteiger partial charge in [-0.3, -0.25) is 4.90 Å². The fourth-order valence-electron chi connectivity index (χ4n) is 3.27. The van der Waals surface area contributed by atoms with Gasteiger partial charge < -0.3 is 10.4 Å². The van der Waals surface area contributed by atoms with Crippen molar-refractivity contribution in [1.82, 2.24) is 10.2 Å². The molecular weight excluding hydrogens is 248 g/mol. The van der Waals surface area contributed by atoms with Crippen molar-refractivity contribution < 1.29 is 5.11 Å². The zero-order chi connectivity index (χ0) is 14.8. The molecule has 0 amide bonds. The second-order valence-electron chi connectivity index (χ2n) is 6.76. The van der Waals surface area contributed by atoms with E-state index in [4.69, 9.17) is 0 Å². The van der Waals surface area contributed by atoms with Crippen LogP contribution < -0.4 is 5.32 Å². The zero-order valence-electron chi connectivity index (χ0n) is 13.2. The Kier molecular flexibility index (Phi) is 4.71. The number of hydrogen-bond donors (Lipinski definition) is 2. The van der Waals surface area contributed by atoms with E-state index in [1.807, 2.05) is 6.07 Å². The highest BCUT2D eigenvalue weighted by Gasteiger charge is 2.34. The molecule has 1 heterocycles. The van der Waals surface area contributed by atoms with Crippen molar-refractivity contribution in [3.8, 4) is 5.75 Å².